The normalized spacial score (nSPS) is 16.2. The number of carbonyl (C=O) groups is 1. The molecule has 0 bridgehead atoms. The maximum atomic E-state index is 13.3. The van der Waals surface area contributed by atoms with Crippen molar-refractivity contribution in [3.05, 3.63) is 58.0 Å². The Morgan fingerprint density at radius 2 is 2.10 bits per heavy atom. The molecule has 4 heterocycles. The second kappa shape index (κ2) is 9.21. The van der Waals surface area contributed by atoms with Crippen molar-refractivity contribution < 1.29 is 22.2 Å². The molecule has 1 aliphatic heterocycles. The van der Waals surface area contributed by atoms with Crippen LogP contribution in [0.25, 0.3) is 12.2 Å². The number of piperidine rings is 1. The molecule has 1 aliphatic rings. The van der Waals surface area contributed by atoms with Crippen molar-refractivity contribution in [1.29, 1.82) is 0 Å². The highest BCUT2D eigenvalue weighted by Gasteiger charge is 2.35. The standard InChI is InChI=1S/C21H23N3O5S2/c1-15-20(19(29-23-15)7-6-17-4-2-12-28-17)31(26,27)24-10-8-16(9-11-24)21(25)22-14-18-5-3-13-30-18/h2-7,12-13,16H,8-11,14H2,1H3,(H,22,25). The van der Waals surface area contributed by atoms with Gasteiger partial charge in [0.15, 0.2) is 10.7 Å². The third kappa shape index (κ3) is 4.81. The average Bonchev–Trinajstić information content (AvgIpc) is 3.53. The number of carbonyl (C=O) groups excluding carboxylic acids is 1. The van der Waals surface area contributed by atoms with Crippen LogP contribution >= 0.6 is 11.3 Å². The van der Waals surface area contributed by atoms with Gasteiger partial charge in [-0.2, -0.15) is 4.31 Å². The van der Waals surface area contributed by atoms with E-state index in [0.29, 0.717) is 30.8 Å². The number of aromatic nitrogens is 1. The van der Waals surface area contributed by atoms with Gasteiger partial charge in [-0.1, -0.05) is 11.2 Å². The number of thiophene rings is 1. The molecule has 1 saturated heterocycles. The van der Waals surface area contributed by atoms with Crippen LogP contribution in [0.3, 0.4) is 0 Å². The lowest BCUT2D eigenvalue weighted by atomic mass is 9.97. The van der Waals surface area contributed by atoms with Crippen LogP contribution in [-0.4, -0.2) is 36.9 Å². The highest BCUT2D eigenvalue weighted by atomic mass is 32.2. The summed E-state index contributed by atoms with van der Waals surface area (Å²) in [4.78, 5) is 13.6. The van der Waals surface area contributed by atoms with E-state index < -0.39 is 10.0 Å². The molecule has 3 aromatic rings. The Labute approximate surface area is 184 Å². The Bertz CT molecular complexity index is 1140. The number of aryl methyl sites for hydroxylation is 1. The van der Waals surface area contributed by atoms with Gasteiger partial charge in [-0.05, 0) is 55.5 Å². The molecule has 0 saturated carbocycles. The van der Waals surface area contributed by atoms with Gasteiger partial charge in [0.25, 0.3) is 0 Å². The van der Waals surface area contributed by atoms with Crippen LogP contribution in [-0.2, 0) is 21.4 Å². The summed E-state index contributed by atoms with van der Waals surface area (Å²) in [5, 5.41) is 8.76. The van der Waals surface area contributed by atoms with Crippen molar-refractivity contribution in [2.45, 2.75) is 31.2 Å². The van der Waals surface area contributed by atoms with E-state index in [1.54, 1.807) is 36.5 Å². The summed E-state index contributed by atoms with van der Waals surface area (Å²) in [7, 11) is -3.80. The van der Waals surface area contributed by atoms with E-state index in [-0.39, 0.29) is 35.6 Å². The zero-order valence-corrected chi connectivity index (χ0v) is 18.6. The van der Waals surface area contributed by atoms with Crippen LogP contribution in [0.4, 0.5) is 0 Å². The Morgan fingerprint density at radius 1 is 1.29 bits per heavy atom. The maximum Gasteiger partial charge on any atom is 0.248 e. The molecule has 164 valence electrons. The molecule has 0 atom stereocenters. The second-order valence-electron chi connectivity index (χ2n) is 7.29. The quantitative estimate of drug-likeness (QED) is 0.577. The van der Waals surface area contributed by atoms with Crippen LogP contribution in [0.15, 0.2) is 49.7 Å². The first-order valence-corrected chi connectivity index (χ1v) is 12.2. The number of hydrogen-bond acceptors (Lipinski definition) is 7. The molecule has 0 radical (unpaired) electrons. The number of amides is 1. The largest absolute Gasteiger partial charge is 0.465 e. The fourth-order valence-electron chi connectivity index (χ4n) is 3.56. The van der Waals surface area contributed by atoms with Gasteiger partial charge in [-0.15, -0.1) is 11.3 Å². The highest BCUT2D eigenvalue weighted by Crippen LogP contribution is 2.29. The lowest BCUT2D eigenvalue weighted by Crippen LogP contribution is -2.43. The fraction of sp³-hybridized carbons (Fsp3) is 0.333. The van der Waals surface area contributed by atoms with Gasteiger partial charge in [0, 0.05) is 23.9 Å². The third-order valence-electron chi connectivity index (χ3n) is 5.22. The molecule has 0 aromatic carbocycles. The molecular formula is C21H23N3O5S2. The van der Waals surface area contributed by atoms with E-state index in [1.807, 2.05) is 17.5 Å². The van der Waals surface area contributed by atoms with Gasteiger partial charge in [-0.3, -0.25) is 4.79 Å². The van der Waals surface area contributed by atoms with Gasteiger partial charge >= 0.3 is 0 Å². The lowest BCUT2D eigenvalue weighted by molar-refractivity contribution is -0.126. The van der Waals surface area contributed by atoms with Crippen molar-refractivity contribution in [2.75, 3.05) is 13.1 Å². The van der Waals surface area contributed by atoms with E-state index in [2.05, 4.69) is 10.5 Å². The Hall–Kier alpha value is -2.69. The molecule has 0 spiro atoms. The number of rotatable bonds is 7. The van der Waals surface area contributed by atoms with Crippen LogP contribution in [0.5, 0.6) is 0 Å². The molecule has 10 heteroatoms. The van der Waals surface area contributed by atoms with E-state index >= 15 is 0 Å². The fourth-order valence-corrected chi connectivity index (χ4v) is 5.93. The van der Waals surface area contributed by atoms with Crippen molar-refractivity contribution in [3.8, 4) is 0 Å². The van der Waals surface area contributed by atoms with E-state index in [0.717, 1.165) is 4.88 Å². The number of furan rings is 1. The van der Waals surface area contributed by atoms with Gasteiger partial charge in [-0.25, -0.2) is 8.42 Å². The van der Waals surface area contributed by atoms with Crippen LogP contribution < -0.4 is 5.32 Å². The molecule has 1 N–H and O–H groups in total. The maximum absolute atomic E-state index is 13.3. The predicted molar refractivity (Wildman–Crippen MR) is 117 cm³/mol. The molecule has 4 rings (SSSR count). The number of hydrogen-bond donors (Lipinski definition) is 1. The Morgan fingerprint density at radius 3 is 2.77 bits per heavy atom. The lowest BCUT2D eigenvalue weighted by Gasteiger charge is -2.30. The first-order chi connectivity index (χ1) is 14.9. The zero-order chi connectivity index (χ0) is 21.8. The summed E-state index contributed by atoms with van der Waals surface area (Å²) in [6.45, 7) is 2.64. The molecule has 1 amide bonds. The number of nitrogens with zero attached hydrogens (tertiary/aromatic N) is 2. The molecule has 1 fully saturated rings. The summed E-state index contributed by atoms with van der Waals surface area (Å²) in [5.41, 5.74) is 0.301. The summed E-state index contributed by atoms with van der Waals surface area (Å²) >= 11 is 1.59. The minimum Gasteiger partial charge on any atom is -0.465 e. The van der Waals surface area contributed by atoms with Crippen LogP contribution in [0.1, 0.15) is 34.9 Å². The number of nitrogens with one attached hydrogen (secondary N) is 1. The molecule has 0 unspecified atom stereocenters. The molecular weight excluding hydrogens is 438 g/mol. The Kier molecular flexibility index (Phi) is 6.40. The molecule has 31 heavy (non-hydrogen) atoms. The SMILES string of the molecule is Cc1noc(C=Cc2ccco2)c1S(=O)(=O)N1CCC(C(=O)NCc2cccs2)CC1. The van der Waals surface area contributed by atoms with E-state index in [1.165, 1.54) is 16.6 Å². The van der Waals surface area contributed by atoms with Crippen molar-refractivity contribution in [1.82, 2.24) is 14.8 Å². The highest BCUT2D eigenvalue weighted by molar-refractivity contribution is 7.89. The van der Waals surface area contributed by atoms with Crippen molar-refractivity contribution in [2.24, 2.45) is 5.92 Å². The minimum atomic E-state index is -3.80. The second-order valence-corrected chi connectivity index (χ2v) is 10.2. The summed E-state index contributed by atoms with van der Waals surface area (Å²) in [5.74, 6) is 0.499. The third-order valence-corrected chi connectivity index (χ3v) is 8.15. The topological polar surface area (TPSA) is 106 Å². The Balaban J connectivity index is 1.41. The smallest absolute Gasteiger partial charge is 0.248 e. The van der Waals surface area contributed by atoms with Gasteiger partial charge in [0.2, 0.25) is 15.9 Å². The van der Waals surface area contributed by atoms with Crippen molar-refractivity contribution in [3.63, 3.8) is 0 Å². The minimum absolute atomic E-state index is 0.0336. The predicted octanol–water partition coefficient (Wildman–Crippen LogP) is 3.53. The van der Waals surface area contributed by atoms with Gasteiger partial charge in [0.05, 0.1) is 12.8 Å². The van der Waals surface area contributed by atoms with Crippen molar-refractivity contribution >= 4 is 39.4 Å². The van der Waals surface area contributed by atoms with Gasteiger partial charge < -0.3 is 14.3 Å². The van der Waals surface area contributed by atoms with Crippen LogP contribution in [0.2, 0.25) is 0 Å². The van der Waals surface area contributed by atoms with E-state index in [4.69, 9.17) is 8.94 Å². The molecule has 3 aromatic heterocycles. The summed E-state index contributed by atoms with van der Waals surface area (Å²) in [6, 6.07) is 7.41. The summed E-state index contributed by atoms with van der Waals surface area (Å²) in [6.07, 6.45) is 5.64. The average molecular weight is 462 g/mol. The van der Waals surface area contributed by atoms with Gasteiger partial charge in [0.1, 0.15) is 11.5 Å². The van der Waals surface area contributed by atoms with Crippen LogP contribution in [0, 0.1) is 12.8 Å². The van der Waals surface area contributed by atoms with E-state index in [9.17, 15) is 13.2 Å². The summed E-state index contributed by atoms with van der Waals surface area (Å²) < 4.78 is 38.4. The number of sulfonamides is 1. The molecule has 0 aliphatic carbocycles. The first kappa shape index (κ1) is 21.5. The zero-order valence-electron chi connectivity index (χ0n) is 17.0. The monoisotopic (exact) mass is 461 g/mol. The first-order valence-electron chi connectivity index (χ1n) is 9.93. The molecule has 8 nitrogen and oxygen atoms in total.